The van der Waals surface area contributed by atoms with Crippen molar-refractivity contribution in [2.45, 2.75) is 103 Å². The molecule has 4 aliphatic rings. The van der Waals surface area contributed by atoms with Crippen LogP contribution in [-0.4, -0.2) is 131 Å². The van der Waals surface area contributed by atoms with Crippen molar-refractivity contribution in [3.8, 4) is 0 Å². The third-order valence-electron chi connectivity index (χ3n) is 7.81. The number of ether oxygens (including phenoxy) is 2. The van der Waals surface area contributed by atoms with E-state index in [9.17, 15) is 24.6 Å². The molecular weight excluding hydrogens is 480 g/mol. The van der Waals surface area contributed by atoms with E-state index in [-0.39, 0.29) is 73.3 Å². The Bertz CT molecular complexity index is 862. The standard InChI is InChI=1S/C26H44N4O7/c1-15(2)30-11-16-8-18(30)25(35)28-6-7-36-17(12-28)13-29(22(32)10-26(3,4)5)14-20-24(34)23(33)19(37-20)9-21(31)27-16/h15-20,23-24,33-34H,6-14H2,1-5H3,(H,27,31)/t16-,17-,18-,19-,20+,23-,24+/m0/s1. The third-order valence-corrected chi connectivity index (χ3v) is 7.81. The van der Waals surface area contributed by atoms with Crippen molar-refractivity contribution < 1.29 is 34.1 Å². The second kappa shape index (κ2) is 11.1. The Morgan fingerprint density at radius 1 is 1.08 bits per heavy atom. The van der Waals surface area contributed by atoms with Crippen LogP contribution in [0.4, 0.5) is 0 Å². The maximum atomic E-state index is 13.7. The van der Waals surface area contributed by atoms with Crippen LogP contribution in [0.2, 0.25) is 0 Å². The molecular formula is C26H44N4O7. The van der Waals surface area contributed by atoms with Crippen LogP contribution in [0.15, 0.2) is 0 Å². The number of nitrogens with zero attached hydrogens (tertiary/aromatic N) is 3. The second-order valence-corrected chi connectivity index (χ2v) is 12.5. The highest BCUT2D eigenvalue weighted by Gasteiger charge is 2.46. The van der Waals surface area contributed by atoms with Crippen molar-refractivity contribution in [2.75, 3.05) is 39.3 Å². The van der Waals surface area contributed by atoms with Crippen LogP contribution in [0, 0.1) is 5.41 Å². The average Bonchev–Trinajstić information content (AvgIpc) is 3.33. The minimum absolute atomic E-state index is 0.0210. The summed E-state index contributed by atoms with van der Waals surface area (Å²) in [7, 11) is 0. The Labute approximate surface area is 219 Å². The van der Waals surface area contributed by atoms with Crippen molar-refractivity contribution in [1.82, 2.24) is 20.0 Å². The van der Waals surface area contributed by atoms with Crippen molar-refractivity contribution in [1.29, 1.82) is 0 Å². The lowest BCUT2D eigenvalue weighted by atomic mass is 9.91. The summed E-state index contributed by atoms with van der Waals surface area (Å²) in [6.07, 6.45) is -3.88. The van der Waals surface area contributed by atoms with E-state index in [1.54, 1.807) is 4.90 Å². The number of carbonyl (C=O) groups is 3. The molecule has 0 spiro atoms. The first kappa shape index (κ1) is 28.2. The van der Waals surface area contributed by atoms with Gasteiger partial charge < -0.3 is 34.8 Å². The minimum atomic E-state index is -1.24. The summed E-state index contributed by atoms with van der Waals surface area (Å²) in [5, 5.41) is 24.4. The molecule has 37 heavy (non-hydrogen) atoms. The number of fused-ring (bicyclic) bond motifs is 6. The lowest BCUT2D eigenvalue weighted by Gasteiger charge is -2.39. The molecule has 3 N–H and O–H groups in total. The van der Waals surface area contributed by atoms with Crippen LogP contribution >= 0.6 is 0 Å². The zero-order valence-electron chi connectivity index (χ0n) is 22.8. The molecule has 0 aromatic carbocycles. The van der Waals surface area contributed by atoms with Gasteiger partial charge in [-0.15, -0.1) is 0 Å². The third kappa shape index (κ3) is 6.62. The molecule has 0 aliphatic carbocycles. The van der Waals surface area contributed by atoms with Gasteiger partial charge in [0.15, 0.2) is 0 Å². The highest BCUT2D eigenvalue weighted by molar-refractivity contribution is 5.83. The molecule has 0 aromatic heterocycles. The van der Waals surface area contributed by atoms with E-state index in [2.05, 4.69) is 10.2 Å². The predicted molar refractivity (Wildman–Crippen MR) is 134 cm³/mol. The Hall–Kier alpha value is -1.79. The van der Waals surface area contributed by atoms with E-state index in [0.717, 1.165) is 0 Å². The number of amides is 3. The first-order chi connectivity index (χ1) is 17.3. The molecule has 0 radical (unpaired) electrons. The van der Waals surface area contributed by atoms with Crippen molar-refractivity contribution in [2.24, 2.45) is 5.41 Å². The van der Waals surface area contributed by atoms with Gasteiger partial charge >= 0.3 is 0 Å². The number of hydrogen-bond donors (Lipinski definition) is 3. The molecule has 4 saturated heterocycles. The largest absolute Gasteiger partial charge is 0.388 e. The first-order valence-electron chi connectivity index (χ1n) is 13.6. The Morgan fingerprint density at radius 2 is 1.78 bits per heavy atom. The zero-order chi connectivity index (χ0) is 27.1. The molecule has 3 amide bonds. The molecule has 0 unspecified atom stereocenters. The van der Waals surface area contributed by atoms with Gasteiger partial charge in [0.25, 0.3) is 0 Å². The summed E-state index contributed by atoms with van der Waals surface area (Å²) in [4.78, 5) is 45.4. The first-order valence-corrected chi connectivity index (χ1v) is 13.6. The van der Waals surface area contributed by atoms with Gasteiger partial charge in [0, 0.05) is 51.2 Å². The molecule has 0 aromatic rings. The maximum absolute atomic E-state index is 13.7. The van der Waals surface area contributed by atoms with Crippen molar-refractivity contribution >= 4 is 17.7 Å². The van der Waals surface area contributed by atoms with Gasteiger partial charge in [-0.25, -0.2) is 0 Å². The number of hydrogen-bond acceptors (Lipinski definition) is 8. The van der Waals surface area contributed by atoms with E-state index in [1.165, 1.54) is 0 Å². The van der Waals surface area contributed by atoms with Gasteiger partial charge in [0.1, 0.15) is 18.3 Å². The summed E-state index contributed by atoms with van der Waals surface area (Å²) in [6.45, 7) is 12.1. The molecule has 7 atom stereocenters. The highest BCUT2D eigenvalue weighted by atomic mass is 16.5. The smallest absolute Gasteiger partial charge is 0.240 e. The fourth-order valence-corrected chi connectivity index (χ4v) is 5.94. The summed E-state index contributed by atoms with van der Waals surface area (Å²) >= 11 is 0. The number of morpholine rings is 1. The maximum Gasteiger partial charge on any atom is 0.240 e. The van der Waals surface area contributed by atoms with Crippen LogP contribution in [0.1, 0.15) is 53.9 Å². The lowest BCUT2D eigenvalue weighted by molar-refractivity contribution is -0.148. The van der Waals surface area contributed by atoms with E-state index < -0.39 is 24.4 Å². The Kier molecular flexibility index (Phi) is 8.49. The van der Waals surface area contributed by atoms with E-state index in [4.69, 9.17) is 9.47 Å². The lowest BCUT2D eigenvalue weighted by Crippen LogP contribution is -2.56. The SMILES string of the molecule is CC(C)N1C[C@@H]2C[C@H]1C(=O)N1CCO[C@H](CN(C(=O)CC(C)(C)C)C[C@H]3O[C@@H](CC(=O)N2)[C@H](O)[C@@H]3O)C1. The quantitative estimate of drug-likeness (QED) is 0.434. The molecule has 4 rings (SSSR count). The summed E-state index contributed by atoms with van der Waals surface area (Å²) in [6, 6.07) is -0.426. The Morgan fingerprint density at radius 3 is 2.46 bits per heavy atom. The number of nitrogens with one attached hydrogen (secondary N) is 1. The van der Waals surface area contributed by atoms with Gasteiger partial charge in [-0.3, -0.25) is 19.3 Å². The Balaban J connectivity index is 1.62. The summed E-state index contributed by atoms with van der Waals surface area (Å²) < 4.78 is 12.0. The number of likely N-dealkylation sites (tertiary alicyclic amines) is 1. The number of carbonyl (C=O) groups excluding carboxylic acids is 3. The number of rotatable bonds is 2. The van der Waals surface area contributed by atoms with Crippen LogP contribution in [0.25, 0.3) is 0 Å². The van der Waals surface area contributed by atoms with Crippen LogP contribution < -0.4 is 5.32 Å². The van der Waals surface area contributed by atoms with E-state index in [0.29, 0.717) is 32.7 Å². The minimum Gasteiger partial charge on any atom is -0.388 e. The topological polar surface area (TPSA) is 132 Å². The summed E-state index contributed by atoms with van der Waals surface area (Å²) in [5.74, 6) is -0.387. The fraction of sp³-hybridized carbons (Fsp3) is 0.885. The predicted octanol–water partition coefficient (Wildman–Crippen LogP) is -0.661. The van der Waals surface area contributed by atoms with Crippen molar-refractivity contribution in [3.63, 3.8) is 0 Å². The fourth-order valence-electron chi connectivity index (χ4n) is 5.94. The van der Waals surface area contributed by atoms with Gasteiger partial charge in [-0.1, -0.05) is 20.8 Å². The van der Waals surface area contributed by atoms with Crippen molar-refractivity contribution in [3.05, 3.63) is 0 Å². The molecule has 210 valence electrons. The molecule has 4 aliphatic heterocycles. The van der Waals surface area contributed by atoms with Crippen LogP contribution in [-0.2, 0) is 23.9 Å². The molecule has 11 heteroatoms. The molecule has 6 bridgehead atoms. The van der Waals surface area contributed by atoms with Crippen LogP contribution in [0.5, 0.6) is 0 Å². The molecule has 4 heterocycles. The zero-order valence-corrected chi connectivity index (χ0v) is 22.8. The number of aliphatic hydroxyl groups excluding tert-OH is 2. The highest BCUT2D eigenvalue weighted by Crippen LogP contribution is 2.28. The molecule has 11 nitrogen and oxygen atoms in total. The summed E-state index contributed by atoms with van der Waals surface area (Å²) in [5.41, 5.74) is -0.254. The monoisotopic (exact) mass is 524 g/mol. The van der Waals surface area contributed by atoms with Gasteiger partial charge in [-0.05, 0) is 25.7 Å². The number of aliphatic hydroxyl groups is 2. The van der Waals surface area contributed by atoms with Gasteiger partial charge in [0.05, 0.1) is 31.3 Å². The second-order valence-electron chi connectivity index (χ2n) is 12.5. The van der Waals surface area contributed by atoms with Gasteiger partial charge in [0.2, 0.25) is 17.7 Å². The van der Waals surface area contributed by atoms with Crippen LogP contribution in [0.3, 0.4) is 0 Å². The normalized spacial score (nSPS) is 36.3. The van der Waals surface area contributed by atoms with E-state index >= 15 is 0 Å². The van der Waals surface area contributed by atoms with Gasteiger partial charge in [-0.2, -0.15) is 0 Å². The molecule has 0 saturated carbocycles. The van der Waals surface area contributed by atoms with E-state index in [1.807, 2.05) is 39.5 Å². The average molecular weight is 525 g/mol. The molecule has 4 fully saturated rings.